The SMILES string of the molecule is CCc1nc(C)c(-c2nc(C(OC)c3cccc(OC)c3)no2)s1. The van der Waals surface area contributed by atoms with E-state index in [2.05, 4.69) is 22.0 Å². The van der Waals surface area contributed by atoms with Crippen molar-refractivity contribution in [1.82, 2.24) is 15.1 Å². The van der Waals surface area contributed by atoms with E-state index in [1.165, 1.54) is 0 Å². The van der Waals surface area contributed by atoms with Gasteiger partial charge in [-0.2, -0.15) is 4.98 Å². The van der Waals surface area contributed by atoms with Crippen LogP contribution < -0.4 is 4.74 Å². The standard InChI is InChI=1S/C17H19N3O3S/c1-5-13-18-10(2)15(24-13)17-19-16(20-23-17)14(22-4)11-7-6-8-12(9-11)21-3/h6-9,14H,5H2,1-4H3. The van der Waals surface area contributed by atoms with E-state index in [1.54, 1.807) is 25.6 Å². The summed E-state index contributed by atoms with van der Waals surface area (Å²) in [4.78, 5) is 9.93. The van der Waals surface area contributed by atoms with Crippen molar-refractivity contribution in [2.24, 2.45) is 0 Å². The molecule has 3 rings (SSSR count). The van der Waals surface area contributed by atoms with Gasteiger partial charge in [-0.3, -0.25) is 0 Å². The normalized spacial score (nSPS) is 12.3. The predicted molar refractivity (Wildman–Crippen MR) is 91.4 cm³/mol. The summed E-state index contributed by atoms with van der Waals surface area (Å²) < 4.78 is 16.3. The van der Waals surface area contributed by atoms with Crippen molar-refractivity contribution in [3.05, 3.63) is 46.4 Å². The number of ether oxygens (including phenoxy) is 2. The van der Waals surface area contributed by atoms with Crippen molar-refractivity contribution in [2.45, 2.75) is 26.4 Å². The molecule has 1 unspecified atom stereocenters. The number of thiazole rings is 1. The first-order chi connectivity index (χ1) is 11.7. The molecule has 0 aliphatic carbocycles. The number of benzene rings is 1. The zero-order valence-electron chi connectivity index (χ0n) is 14.1. The molecule has 1 atom stereocenters. The molecule has 126 valence electrons. The Kier molecular flexibility index (Phi) is 4.92. The van der Waals surface area contributed by atoms with Gasteiger partial charge in [-0.25, -0.2) is 4.98 Å². The van der Waals surface area contributed by atoms with Crippen LogP contribution in [0, 0.1) is 6.92 Å². The van der Waals surface area contributed by atoms with Crippen LogP contribution in [0.4, 0.5) is 0 Å². The van der Waals surface area contributed by atoms with Gasteiger partial charge in [0.1, 0.15) is 16.7 Å². The van der Waals surface area contributed by atoms with Gasteiger partial charge in [0, 0.05) is 7.11 Å². The van der Waals surface area contributed by atoms with Gasteiger partial charge >= 0.3 is 0 Å². The van der Waals surface area contributed by atoms with E-state index >= 15 is 0 Å². The highest BCUT2D eigenvalue weighted by Crippen LogP contribution is 2.32. The van der Waals surface area contributed by atoms with Crippen LogP contribution in [-0.2, 0) is 11.2 Å². The lowest BCUT2D eigenvalue weighted by Crippen LogP contribution is -2.05. The molecule has 0 spiro atoms. The zero-order chi connectivity index (χ0) is 17.1. The lowest BCUT2D eigenvalue weighted by atomic mass is 10.1. The second kappa shape index (κ2) is 7.11. The lowest BCUT2D eigenvalue weighted by molar-refractivity contribution is 0.126. The van der Waals surface area contributed by atoms with Crippen molar-refractivity contribution >= 4 is 11.3 Å². The topological polar surface area (TPSA) is 70.3 Å². The van der Waals surface area contributed by atoms with E-state index in [9.17, 15) is 0 Å². The average Bonchev–Trinajstić information content (AvgIpc) is 3.22. The fourth-order valence-corrected chi connectivity index (χ4v) is 3.36. The van der Waals surface area contributed by atoms with Crippen LogP contribution >= 0.6 is 11.3 Å². The van der Waals surface area contributed by atoms with E-state index in [0.717, 1.165) is 33.3 Å². The van der Waals surface area contributed by atoms with Gasteiger partial charge in [0.25, 0.3) is 5.89 Å². The summed E-state index contributed by atoms with van der Waals surface area (Å²) in [5.41, 5.74) is 1.81. The molecule has 1 aromatic carbocycles. The first-order valence-corrected chi connectivity index (χ1v) is 8.45. The lowest BCUT2D eigenvalue weighted by Gasteiger charge is -2.12. The molecule has 0 aliphatic rings. The molecule has 0 amide bonds. The van der Waals surface area contributed by atoms with E-state index in [-0.39, 0.29) is 0 Å². The molecule has 0 fully saturated rings. The third-order valence-corrected chi connectivity index (χ3v) is 4.94. The first-order valence-electron chi connectivity index (χ1n) is 7.63. The van der Waals surface area contributed by atoms with Crippen LogP contribution in [0.5, 0.6) is 5.75 Å². The maximum Gasteiger partial charge on any atom is 0.270 e. The van der Waals surface area contributed by atoms with Crippen molar-refractivity contribution in [3.63, 3.8) is 0 Å². The molecule has 6 nitrogen and oxygen atoms in total. The summed E-state index contributed by atoms with van der Waals surface area (Å²) in [7, 11) is 3.25. The van der Waals surface area contributed by atoms with E-state index in [4.69, 9.17) is 14.0 Å². The van der Waals surface area contributed by atoms with Crippen LogP contribution in [0.1, 0.15) is 35.1 Å². The summed E-state index contributed by atoms with van der Waals surface area (Å²) in [5.74, 6) is 1.71. The Morgan fingerprint density at radius 3 is 2.75 bits per heavy atom. The minimum absolute atomic E-state index is 0.420. The Morgan fingerprint density at radius 2 is 2.08 bits per heavy atom. The fourth-order valence-electron chi connectivity index (χ4n) is 2.43. The average molecular weight is 345 g/mol. The van der Waals surface area contributed by atoms with E-state index in [0.29, 0.717) is 11.7 Å². The van der Waals surface area contributed by atoms with Gasteiger partial charge in [-0.1, -0.05) is 24.2 Å². The Morgan fingerprint density at radius 1 is 1.25 bits per heavy atom. The molecule has 0 aliphatic heterocycles. The van der Waals surface area contributed by atoms with Crippen LogP contribution in [0.25, 0.3) is 10.8 Å². The summed E-state index contributed by atoms with van der Waals surface area (Å²) in [5, 5.41) is 5.15. The third-order valence-electron chi connectivity index (χ3n) is 3.65. The monoisotopic (exact) mass is 345 g/mol. The summed E-state index contributed by atoms with van der Waals surface area (Å²) >= 11 is 1.58. The van der Waals surface area contributed by atoms with E-state index in [1.807, 2.05) is 31.2 Å². The predicted octanol–water partition coefficient (Wildman–Crippen LogP) is 3.81. The number of nitrogens with zero attached hydrogens (tertiary/aromatic N) is 3. The molecule has 0 saturated carbocycles. The van der Waals surface area contributed by atoms with Crippen LogP contribution in [0.15, 0.2) is 28.8 Å². The van der Waals surface area contributed by atoms with Gasteiger partial charge in [0.15, 0.2) is 0 Å². The van der Waals surface area contributed by atoms with Gasteiger partial charge in [-0.05, 0) is 31.0 Å². The van der Waals surface area contributed by atoms with Gasteiger partial charge in [0.05, 0.1) is 17.8 Å². The van der Waals surface area contributed by atoms with Crippen LogP contribution in [0.3, 0.4) is 0 Å². The van der Waals surface area contributed by atoms with Crippen molar-refractivity contribution in [2.75, 3.05) is 14.2 Å². The summed E-state index contributed by atoms with van der Waals surface area (Å²) in [6.45, 7) is 4.02. The van der Waals surface area contributed by atoms with Crippen LogP contribution in [0.2, 0.25) is 0 Å². The minimum atomic E-state index is -0.420. The second-order valence-electron chi connectivity index (χ2n) is 5.23. The molecule has 0 radical (unpaired) electrons. The third kappa shape index (κ3) is 3.18. The Balaban J connectivity index is 1.94. The largest absolute Gasteiger partial charge is 0.497 e. The Labute approximate surface area is 144 Å². The zero-order valence-corrected chi connectivity index (χ0v) is 14.9. The molecular formula is C17H19N3O3S. The number of methoxy groups -OCH3 is 2. The van der Waals surface area contributed by atoms with Gasteiger partial charge < -0.3 is 14.0 Å². The summed E-state index contributed by atoms with van der Waals surface area (Å²) in [6, 6.07) is 7.63. The first kappa shape index (κ1) is 16.6. The minimum Gasteiger partial charge on any atom is -0.497 e. The number of hydrogen-bond acceptors (Lipinski definition) is 7. The second-order valence-corrected chi connectivity index (χ2v) is 6.31. The van der Waals surface area contributed by atoms with Crippen molar-refractivity contribution < 1.29 is 14.0 Å². The smallest absolute Gasteiger partial charge is 0.270 e. The molecule has 2 aromatic heterocycles. The molecule has 0 N–H and O–H groups in total. The quantitative estimate of drug-likeness (QED) is 0.676. The number of aryl methyl sites for hydroxylation is 2. The number of hydrogen-bond donors (Lipinski definition) is 0. The van der Waals surface area contributed by atoms with Crippen molar-refractivity contribution in [1.29, 1.82) is 0 Å². The summed E-state index contributed by atoms with van der Waals surface area (Å²) in [6.07, 6.45) is 0.466. The molecular weight excluding hydrogens is 326 g/mol. The fraction of sp³-hybridized carbons (Fsp3) is 0.353. The van der Waals surface area contributed by atoms with Crippen molar-refractivity contribution in [3.8, 4) is 16.5 Å². The Bertz CT molecular complexity index is 828. The number of aromatic nitrogens is 3. The highest BCUT2D eigenvalue weighted by Gasteiger charge is 2.23. The maximum absolute atomic E-state index is 5.57. The highest BCUT2D eigenvalue weighted by molar-refractivity contribution is 7.15. The molecule has 3 aromatic rings. The van der Waals surface area contributed by atoms with E-state index < -0.39 is 6.10 Å². The molecule has 7 heteroatoms. The van der Waals surface area contributed by atoms with Gasteiger partial charge in [0.2, 0.25) is 5.82 Å². The van der Waals surface area contributed by atoms with Crippen LogP contribution in [-0.4, -0.2) is 29.3 Å². The Hall–Kier alpha value is -2.25. The highest BCUT2D eigenvalue weighted by atomic mass is 32.1. The molecule has 0 saturated heterocycles. The maximum atomic E-state index is 5.57. The molecule has 0 bridgehead atoms. The van der Waals surface area contributed by atoms with Gasteiger partial charge in [-0.15, -0.1) is 11.3 Å². The molecule has 24 heavy (non-hydrogen) atoms. The number of rotatable bonds is 6. The molecule has 2 heterocycles.